The number of piperidine rings is 1. The molecular weight excluding hydrogens is 524 g/mol. The second-order valence-corrected chi connectivity index (χ2v) is 13.2. The molecule has 0 saturated carbocycles. The molecule has 0 spiro atoms. The Balaban J connectivity index is 1.38. The lowest BCUT2D eigenvalue weighted by molar-refractivity contribution is -0.0340. The minimum Gasteiger partial charge on any atom is -0.507 e. The summed E-state index contributed by atoms with van der Waals surface area (Å²) in [5.74, 6) is 2.33. The first kappa shape index (κ1) is 30.1. The van der Waals surface area contributed by atoms with E-state index in [9.17, 15) is 5.11 Å². The van der Waals surface area contributed by atoms with Crippen LogP contribution in [-0.4, -0.2) is 48.5 Å². The Morgan fingerprint density at radius 3 is 2.24 bits per heavy atom. The normalized spacial score (nSPS) is 17.9. The molecule has 1 aliphatic carbocycles. The fraction of sp³-hybridized carbons (Fsp3) is 0.500. The van der Waals surface area contributed by atoms with Crippen molar-refractivity contribution in [3.05, 3.63) is 64.7 Å². The summed E-state index contributed by atoms with van der Waals surface area (Å²) in [4.78, 5) is 2.61. The molecule has 0 amide bonds. The molecule has 3 aromatic rings. The molecule has 1 saturated heterocycles. The molecule has 6 heteroatoms. The zero-order valence-corrected chi connectivity index (χ0v) is 26.3. The van der Waals surface area contributed by atoms with Crippen LogP contribution in [0.3, 0.4) is 0 Å². The van der Waals surface area contributed by atoms with Crippen molar-refractivity contribution in [3.8, 4) is 34.1 Å². The molecule has 5 rings (SSSR count). The Bertz CT molecular complexity index is 1400. The largest absolute Gasteiger partial charge is 0.507 e. The predicted octanol–water partition coefficient (Wildman–Crippen LogP) is 7.55. The van der Waals surface area contributed by atoms with E-state index in [1.165, 1.54) is 30.4 Å². The number of benzene rings is 3. The predicted molar refractivity (Wildman–Crippen MR) is 171 cm³/mol. The molecule has 1 heterocycles. The van der Waals surface area contributed by atoms with E-state index in [1.807, 2.05) is 24.3 Å². The van der Waals surface area contributed by atoms with Crippen LogP contribution in [0.4, 0.5) is 5.69 Å². The van der Waals surface area contributed by atoms with E-state index in [2.05, 4.69) is 44.7 Å². The summed E-state index contributed by atoms with van der Waals surface area (Å²) >= 11 is 0. The van der Waals surface area contributed by atoms with Crippen molar-refractivity contribution < 1.29 is 19.3 Å². The third-order valence-corrected chi connectivity index (χ3v) is 9.52. The van der Waals surface area contributed by atoms with Crippen LogP contribution in [-0.2, 0) is 19.3 Å². The number of phenols is 1. The van der Waals surface area contributed by atoms with Crippen molar-refractivity contribution in [1.29, 1.82) is 0 Å². The number of phenolic OH excluding ortho intramolecular Hbond substituents is 1. The van der Waals surface area contributed by atoms with Crippen molar-refractivity contribution in [2.24, 2.45) is 0 Å². The van der Waals surface area contributed by atoms with Crippen molar-refractivity contribution >= 4 is 5.69 Å². The van der Waals surface area contributed by atoms with Gasteiger partial charge in [-0.1, -0.05) is 18.2 Å². The molecule has 1 aliphatic heterocycles. The van der Waals surface area contributed by atoms with Crippen LogP contribution < -0.4 is 19.9 Å². The minimum absolute atomic E-state index is 0.180. The van der Waals surface area contributed by atoms with Gasteiger partial charge in [-0.15, -0.1) is 0 Å². The molecule has 0 unspecified atom stereocenters. The van der Waals surface area contributed by atoms with Gasteiger partial charge in [0, 0.05) is 46.4 Å². The second kappa shape index (κ2) is 12.1. The van der Waals surface area contributed by atoms with Gasteiger partial charge in [0.1, 0.15) is 18.1 Å². The fourth-order valence-electron chi connectivity index (χ4n) is 7.39. The Labute approximate surface area is 251 Å². The first-order chi connectivity index (χ1) is 20.1. The number of nitrogen functional groups attached to an aromatic ring is 1. The van der Waals surface area contributed by atoms with Gasteiger partial charge >= 0.3 is 0 Å². The summed E-state index contributed by atoms with van der Waals surface area (Å²) < 4.78 is 17.8. The van der Waals surface area contributed by atoms with Crippen LogP contribution in [0.25, 0.3) is 11.1 Å². The Hall–Kier alpha value is -3.38. The molecule has 0 atom stereocenters. The van der Waals surface area contributed by atoms with Gasteiger partial charge in [-0.3, -0.25) is 4.90 Å². The summed E-state index contributed by atoms with van der Waals surface area (Å²) in [5.41, 5.74) is 13.9. The van der Waals surface area contributed by atoms with Crippen LogP contribution in [0.15, 0.2) is 42.5 Å². The van der Waals surface area contributed by atoms with E-state index in [0.717, 1.165) is 60.2 Å². The van der Waals surface area contributed by atoms with Crippen LogP contribution in [0.1, 0.15) is 82.1 Å². The first-order valence-electron chi connectivity index (χ1n) is 15.4. The summed E-state index contributed by atoms with van der Waals surface area (Å²) in [5, 5.41) is 11.0. The van der Waals surface area contributed by atoms with Gasteiger partial charge < -0.3 is 25.1 Å². The highest BCUT2D eigenvalue weighted by Crippen LogP contribution is 2.47. The number of aromatic hydroxyl groups is 1. The number of fused-ring (bicyclic) bond motifs is 1. The number of ether oxygens (including phenoxy) is 3. The number of likely N-dealkylation sites (tertiary alicyclic amines) is 1. The lowest BCUT2D eigenvalue weighted by Gasteiger charge is -2.53. The Morgan fingerprint density at radius 1 is 0.881 bits per heavy atom. The van der Waals surface area contributed by atoms with E-state index in [1.54, 1.807) is 20.3 Å². The van der Waals surface area contributed by atoms with E-state index < -0.39 is 0 Å². The molecule has 226 valence electrons. The Kier molecular flexibility index (Phi) is 8.66. The number of rotatable bonds is 9. The quantitative estimate of drug-likeness (QED) is 0.258. The molecular formula is C36H48N2O4. The molecule has 3 aromatic carbocycles. The number of nitrogens with zero attached hydrogens (tertiary/aromatic N) is 1. The zero-order valence-electron chi connectivity index (χ0n) is 26.3. The standard InChI is InChI=1S/C36H48N2O4/c1-35(2)18-9-19-36(3,4)38(35)20-21-42-26-15-12-24(13-16-26)22-29-33(37)28(23-31(40-5)34(29)41-6)32-27-11-8-7-10-25(27)14-17-30(32)39/h12-17,23,39H,7-11,18-22,37H2,1-6H3. The van der Waals surface area contributed by atoms with Gasteiger partial charge in [0.05, 0.1) is 14.2 Å². The summed E-state index contributed by atoms with van der Waals surface area (Å²) in [7, 11) is 3.28. The van der Waals surface area contributed by atoms with Gasteiger partial charge in [0.25, 0.3) is 0 Å². The minimum atomic E-state index is 0.180. The third-order valence-electron chi connectivity index (χ3n) is 9.52. The number of aryl methyl sites for hydroxylation is 1. The van der Waals surface area contributed by atoms with Crippen LogP contribution >= 0.6 is 0 Å². The van der Waals surface area contributed by atoms with Crippen molar-refractivity contribution in [3.63, 3.8) is 0 Å². The van der Waals surface area contributed by atoms with Gasteiger partial charge in [-0.05, 0) is 114 Å². The molecule has 3 N–H and O–H groups in total. The topological polar surface area (TPSA) is 77.2 Å². The van der Waals surface area contributed by atoms with Gasteiger partial charge in [0.15, 0.2) is 11.5 Å². The van der Waals surface area contributed by atoms with E-state index in [0.29, 0.717) is 30.2 Å². The van der Waals surface area contributed by atoms with Crippen LogP contribution in [0.2, 0.25) is 0 Å². The molecule has 42 heavy (non-hydrogen) atoms. The first-order valence-corrected chi connectivity index (χ1v) is 15.4. The number of hydrogen-bond acceptors (Lipinski definition) is 6. The molecule has 0 bridgehead atoms. The Morgan fingerprint density at radius 2 is 1.57 bits per heavy atom. The van der Waals surface area contributed by atoms with Gasteiger partial charge in [-0.2, -0.15) is 0 Å². The van der Waals surface area contributed by atoms with Gasteiger partial charge in [-0.25, -0.2) is 0 Å². The molecule has 2 aliphatic rings. The molecule has 0 aromatic heterocycles. The van der Waals surface area contributed by atoms with E-state index >= 15 is 0 Å². The van der Waals surface area contributed by atoms with E-state index in [4.69, 9.17) is 19.9 Å². The maximum Gasteiger partial charge on any atom is 0.166 e. The van der Waals surface area contributed by atoms with Crippen molar-refractivity contribution in [2.75, 3.05) is 33.1 Å². The monoisotopic (exact) mass is 572 g/mol. The van der Waals surface area contributed by atoms with E-state index in [-0.39, 0.29) is 16.8 Å². The molecule has 6 nitrogen and oxygen atoms in total. The number of methoxy groups -OCH3 is 2. The third kappa shape index (κ3) is 5.92. The number of nitrogens with two attached hydrogens (primary N) is 1. The summed E-state index contributed by atoms with van der Waals surface area (Å²) in [6.45, 7) is 10.9. The number of hydrogen-bond donors (Lipinski definition) is 2. The summed E-state index contributed by atoms with van der Waals surface area (Å²) in [6, 6.07) is 14.0. The van der Waals surface area contributed by atoms with Gasteiger partial charge in [0.2, 0.25) is 0 Å². The lowest BCUT2D eigenvalue weighted by Crippen LogP contribution is -2.59. The average molecular weight is 573 g/mol. The average Bonchev–Trinajstić information content (AvgIpc) is 2.96. The SMILES string of the molecule is COc1cc(-c2c(O)ccc3c2CCCC3)c(N)c(Cc2ccc(OCCN3C(C)(C)CCCC3(C)C)cc2)c1OC. The van der Waals surface area contributed by atoms with Crippen molar-refractivity contribution in [2.45, 2.75) is 90.1 Å². The fourth-order valence-corrected chi connectivity index (χ4v) is 7.39. The second-order valence-electron chi connectivity index (χ2n) is 13.2. The molecule has 0 radical (unpaired) electrons. The highest BCUT2D eigenvalue weighted by atomic mass is 16.5. The zero-order chi connectivity index (χ0) is 30.1. The number of anilines is 1. The van der Waals surface area contributed by atoms with Crippen molar-refractivity contribution in [1.82, 2.24) is 4.90 Å². The van der Waals surface area contributed by atoms with Crippen LogP contribution in [0.5, 0.6) is 23.0 Å². The maximum atomic E-state index is 11.0. The molecule has 1 fully saturated rings. The summed E-state index contributed by atoms with van der Waals surface area (Å²) in [6.07, 6.45) is 8.49. The highest BCUT2D eigenvalue weighted by Gasteiger charge is 2.40. The van der Waals surface area contributed by atoms with Crippen LogP contribution in [0, 0.1) is 0 Å². The highest BCUT2D eigenvalue weighted by molar-refractivity contribution is 5.88. The maximum absolute atomic E-state index is 11.0. The lowest BCUT2D eigenvalue weighted by atomic mass is 9.80. The smallest absolute Gasteiger partial charge is 0.166 e.